The van der Waals surface area contributed by atoms with Crippen molar-refractivity contribution in [2.45, 2.75) is 32.4 Å². The highest BCUT2D eigenvalue weighted by molar-refractivity contribution is 5.97. The van der Waals surface area contributed by atoms with Gasteiger partial charge in [-0.3, -0.25) is 4.79 Å². The van der Waals surface area contributed by atoms with Gasteiger partial charge in [-0.25, -0.2) is 8.78 Å². The lowest BCUT2D eigenvalue weighted by Gasteiger charge is -2.32. The highest BCUT2D eigenvalue weighted by Crippen LogP contribution is 2.24. The number of hydrogen-bond donors (Lipinski definition) is 1. The van der Waals surface area contributed by atoms with Crippen LogP contribution in [0.15, 0.2) is 23.8 Å². The van der Waals surface area contributed by atoms with Gasteiger partial charge in [0.25, 0.3) is 5.91 Å². The molecule has 0 aliphatic carbocycles. The number of carbonyl (C=O) groups is 1. The number of ether oxygens (including phenoxy) is 3. The van der Waals surface area contributed by atoms with E-state index in [1.54, 1.807) is 0 Å². The SMILES string of the molecule is COc1ccc(F)c(F)c1C(=O)N[C@@H]1CCOC[C@H]1OCC=C(C)C. The average molecular weight is 355 g/mol. The molecule has 25 heavy (non-hydrogen) atoms. The smallest absolute Gasteiger partial charge is 0.258 e. The van der Waals surface area contributed by atoms with Gasteiger partial charge in [-0.1, -0.05) is 11.6 Å². The third-order valence-corrected chi connectivity index (χ3v) is 3.93. The van der Waals surface area contributed by atoms with E-state index in [2.05, 4.69) is 5.32 Å². The Bertz CT molecular complexity index is 644. The Morgan fingerprint density at radius 2 is 2.16 bits per heavy atom. The summed E-state index contributed by atoms with van der Waals surface area (Å²) >= 11 is 0. The van der Waals surface area contributed by atoms with Crippen molar-refractivity contribution < 1.29 is 27.8 Å². The van der Waals surface area contributed by atoms with Crippen LogP contribution in [0.25, 0.3) is 0 Å². The summed E-state index contributed by atoms with van der Waals surface area (Å²) in [5.41, 5.74) is 0.668. The first kappa shape index (κ1) is 19.3. The second kappa shape index (κ2) is 8.92. The number of nitrogens with one attached hydrogen (secondary N) is 1. The Hall–Kier alpha value is -1.99. The maximum atomic E-state index is 14.1. The Labute approximate surface area is 145 Å². The van der Waals surface area contributed by atoms with Crippen molar-refractivity contribution in [1.82, 2.24) is 5.32 Å². The molecule has 1 saturated heterocycles. The second-order valence-corrected chi connectivity index (χ2v) is 6.04. The predicted octanol–water partition coefficient (Wildman–Crippen LogP) is 2.84. The van der Waals surface area contributed by atoms with Gasteiger partial charge in [0.2, 0.25) is 0 Å². The second-order valence-electron chi connectivity index (χ2n) is 6.04. The van der Waals surface area contributed by atoms with E-state index in [1.165, 1.54) is 13.2 Å². The van der Waals surface area contributed by atoms with E-state index in [-0.39, 0.29) is 17.9 Å². The molecule has 1 aromatic rings. The zero-order valence-electron chi connectivity index (χ0n) is 14.6. The van der Waals surface area contributed by atoms with Gasteiger partial charge in [0.05, 0.1) is 26.4 Å². The lowest BCUT2D eigenvalue weighted by Crippen LogP contribution is -2.50. The van der Waals surface area contributed by atoms with E-state index in [1.807, 2.05) is 19.9 Å². The first-order valence-corrected chi connectivity index (χ1v) is 8.09. The van der Waals surface area contributed by atoms with Gasteiger partial charge in [-0.15, -0.1) is 0 Å². The molecule has 0 saturated carbocycles. The molecule has 0 radical (unpaired) electrons. The van der Waals surface area contributed by atoms with Crippen LogP contribution in [0.1, 0.15) is 30.6 Å². The summed E-state index contributed by atoms with van der Waals surface area (Å²) in [5, 5.41) is 2.71. The van der Waals surface area contributed by atoms with Crippen molar-refractivity contribution in [3.63, 3.8) is 0 Å². The predicted molar refractivity (Wildman–Crippen MR) is 88.8 cm³/mol. The molecular weight excluding hydrogens is 332 g/mol. The summed E-state index contributed by atoms with van der Waals surface area (Å²) in [4.78, 5) is 12.5. The molecule has 1 amide bonds. The fraction of sp³-hybridized carbons (Fsp3) is 0.500. The van der Waals surface area contributed by atoms with Crippen molar-refractivity contribution in [3.8, 4) is 5.75 Å². The summed E-state index contributed by atoms with van der Waals surface area (Å²) < 4.78 is 43.7. The zero-order chi connectivity index (χ0) is 18.4. The molecule has 5 nitrogen and oxygen atoms in total. The number of hydrogen-bond acceptors (Lipinski definition) is 4. The van der Waals surface area contributed by atoms with Crippen LogP contribution < -0.4 is 10.1 Å². The van der Waals surface area contributed by atoms with Gasteiger partial charge in [0.15, 0.2) is 11.6 Å². The van der Waals surface area contributed by atoms with Crippen molar-refractivity contribution in [2.75, 3.05) is 26.9 Å². The van der Waals surface area contributed by atoms with Crippen LogP contribution in [0, 0.1) is 11.6 Å². The fourth-order valence-corrected chi connectivity index (χ4v) is 2.53. The number of halogens is 2. The van der Waals surface area contributed by atoms with Gasteiger partial charge in [0.1, 0.15) is 17.4 Å². The van der Waals surface area contributed by atoms with Gasteiger partial charge < -0.3 is 19.5 Å². The third kappa shape index (κ3) is 4.99. The van der Waals surface area contributed by atoms with Crippen LogP contribution >= 0.6 is 0 Å². The number of benzene rings is 1. The lowest BCUT2D eigenvalue weighted by atomic mass is 10.0. The molecule has 0 spiro atoms. The van der Waals surface area contributed by atoms with E-state index < -0.39 is 23.1 Å². The normalized spacial score (nSPS) is 20.0. The van der Waals surface area contributed by atoms with Crippen molar-refractivity contribution in [1.29, 1.82) is 0 Å². The van der Waals surface area contributed by atoms with Gasteiger partial charge >= 0.3 is 0 Å². The highest BCUT2D eigenvalue weighted by atomic mass is 19.2. The zero-order valence-corrected chi connectivity index (χ0v) is 14.6. The highest BCUT2D eigenvalue weighted by Gasteiger charge is 2.30. The van der Waals surface area contributed by atoms with Crippen molar-refractivity contribution in [2.24, 2.45) is 0 Å². The number of amides is 1. The van der Waals surface area contributed by atoms with Gasteiger partial charge in [-0.2, -0.15) is 0 Å². The minimum Gasteiger partial charge on any atom is -0.496 e. The molecule has 2 rings (SSSR count). The molecule has 1 aromatic carbocycles. The Kier molecular flexibility index (Phi) is 6.90. The van der Waals surface area contributed by atoms with E-state index in [9.17, 15) is 13.6 Å². The van der Waals surface area contributed by atoms with Crippen LogP contribution in [0.5, 0.6) is 5.75 Å². The molecule has 1 heterocycles. The van der Waals surface area contributed by atoms with Crippen LogP contribution in [0.3, 0.4) is 0 Å². The third-order valence-electron chi connectivity index (χ3n) is 3.93. The molecule has 1 N–H and O–H groups in total. The average Bonchev–Trinajstić information content (AvgIpc) is 2.58. The Morgan fingerprint density at radius 1 is 1.40 bits per heavy atom. The summed E-state index contributed by atoms with van der Waals surface area (Å²) in [6.07, 6.45) is 2.07. The van der Waals surface area contributed by atoms with E-state index in [0.29, 0.717) is 26.2 Å². The van der Waals surface area contributed by atoms with Crippen LogP contribution in [0.4, 0.5) is 8.78 Å². The van der Waals surface area contributed by atoms with E-state index in [4.69, 9.17) is 14.2 Å². The molecule has 2 atom stereocenters. The molecule has 0 bridgehead atoms. The molecule has 1 aliphatic rings. The maximum absolute atomic E-state index is 14.1. The first-order valence-electron chi connectivity index (χ1n) is 8.09. The Morgan fingerprint density at radius 3 is 2.84 bits per heavy atom. The number of rotatable bonds is 6. The molecule has 1 fully saturated rings. The molecule has 0 unspecified atom stereocenters. The minimum atomic E-state index is -1.23. The van der Waals surface area contributed by atoms with Crippen molar-refractivity contribution in [3.05, 3.63) is 41.0 Å². The largest absolute Gasteiger partial charge is 0.496 e. The number of carbonyl (C=O) groups excluding carboxylic acids is 1. The first-order chi connectivity index (χ1) is 11.9. The summed E-state index contributed by atoms with van der Waals surface area (Å²) in [7, 11) is 1.29. The van der Waals surface area contributed by atoms with Crippen LogP contribution in [0.2, 0.25) is 0 Å². The number of allylic oxidation sites excluding steroid dienone is 1. The van der Waals surface area contributed by atoms with E-state index >= 15 is 0 Å². The van der Waals surface area contributed by atoms with Gasteiger partial charge in [0, 0.05) is 6.61 Å². The minimum absolute atomic E-state index is 0.0227. The standard InChI is InChI=1S/C18H23F2NO4/c1-11(2)6-9-25-15-10-24-8-7-13(15)21-18(22)16-14(23-3)5-4-12(19)17(16)20/h4-6,13,15H,7-10H2,1-3H3,(H,21,22)/t13-,15-/m1/s1. The molecule has 138 valence electrons. The van der Waals surface area contributed by atoms with Crippen LogP contribution in [-0.2, 0) is 9.47 Å². The van der Waals surface area contributed by atoms with Crippen LogP contribution in [-0.4, -0.2) is 45.0 Å². The monoisotopic (exact) mass is 355 g/mol. The lowest BCUT2D eigenvalue weighted by molar-refractivity contribution is -0.0589. The van der Waals surface area contributed by atoms with Crippen molar-refractivity contribution >= 4 is 5.91 Å². The fourth-order valence-electron chi connectivity index (χ4n) is 2.53. The molecule has 1 aliphatic heterocycles. The van der Waals surface area contributed by atoms with E-state index in [0.717, 1.165) is 11.6 Å². The summed E-state index contributed by atoms with van der Waals surface area (Å²) in [6.45, 7) is 5.08. The topological polar surface area (TPSA) is 56.8 Å². The van der Waals surface area contributed by atoms with Gasteiger partial charge in [-0.05, 0) is 32.4 Å². The quantitative estimate of drug-likeness (QED) is 0.798. The maximum Gasteiger partial charge on any atom is 0.258 e. The number of methoxy groups -OCH3 is 1. The Balaban J connectivity index is 2.12. The molecule has 7 heteroatoms. The summed E-state index contributed by atoms with van der Waals surface area (Å²) in [5.74, 6) is -3.10. The molecule has 0 aromatic heterocycles. The molecular formula is C18H23F2NO4. The summed E-state index contributed by atoms with van der Waals surface area (Å²) in [6, 6.07) is 1.78.